The van der Waals surface area contributed by atoms with Crippen LogP contribution in [-0.4, -0.2) is 26.9 Å². The molecule has 3 aromatic rings. The predicted octanol–water partition coefficient (Wildman–Crippen LogP) is 4.32. The number of carbonyl (C=O) groups excluding carboxylic acids is 1. The van der Waals surface area contributed by atoms with E-state index in [1.54, 1.807) is 18.5 Å². The smallest absolute Gasteiger partial charge is 0.249 e. The third-order valence-corrected chi connectivity index (χ3v) is 7.21. The Bertz CT molecular complexity index is 1330. The Labute approximate surface area is 182 Å². The van der Waals surface area contributed by atoms with Crippen LogP contribution in [0.3, 0.4) is 0 Å². The Morgan fingerprint density at radius 2 is 2.00 bits per heavy atom. The van der Waals surface area contributed by atoms with Gasteiger partial charge in [-0.15, -0.1) is 0 Å². The molecule has 0 N–H and O–H groups in total. The first-order valence-corrected chi connectivity index (χ1v) is 10.6. The van der Waals surface area contributed by atoms with Gasteiger partial charge in [-0.05, 0) is 48.9 Å². The number of carbonyl (C=O) groups is 1. The van der Waals surface area contributed by atoms with Gasteiger partial charge in [0.05, 0.1) is 34.8 Å². The van der Waals surface area contributed by atoms with E-state index in [1.807, 2.05) is 16.8 Å². The van der Waals surface area contributed by atoms with Gasteiger partial charge in [0, 0.05) is 36.2 Å². The van der Waals surface area contributed by atoms with Crippen LogP contribution >= 0.6 is 0 Å². The average Bonchev–Trinajstić information content (AvgIpc) is 3.36. The molecule has 1 unspecified atom stereocenters. The van der Waals surface area contributed by atoms with Gasteiger partial charge in [-0.2, -0.15) is 15.5 Å². The predicted molar refractivity (Wildman–Crippen MR) is 112 cm³/mol. The highest BCUT2D eigenvalue weighted by atomic mass is 19.1. The number of amides is 1. The summed E-state index contributed by atoms with van der Waals surface area (Å²) < 4.78 is 29.6. The lowest BCUT2D eigenvalue weighted by molar-refractivity contribution is -0.223. The van der Waals surface area contributed by atoms with E-state index in [0.717, 1.165) is 42.8 Å². The number of hydrogen-bond acceptors (Lipinski definition) is 4. The lowest BCUT2D eigenvalue weighted by atomic mass is 9.34. The number of hydrogen-bond donors (Lipinski definition) is 0. The van der Waals surface area contributed by atoms with Gasteiger partial charge in [-0.3, -0.25) is 9.48 Å². The number of halogens is 2. The number of aromatic nitrogens is 2. The first kappa shape index (κ1) is 19.1. The highest BCUT2D eigenvalue weighted by Crippen LogP contribution is 2.74. The van der Waals surface area contributed by atoms with Gasteiger partial charge in [0.25, 0.3) is 0 Å². The van der Waals surface area contributed by atoms with Crippen molar-refractivity contribution in [1.29, 1.82) is 5.26 Å². The molecule has 160 valence electrons. The summed E-state index contributed by atoms with van der Waals surface area (Å²) in [5.74, 6) is -1.37. The van der Waals surface area contributed by atoms with Gasteiger partial charge in [0.15, 0.2) is 0 Å². The van der Waals surface area contributed by atoms with Crippen molar-refractivity contribution in [3.8, 4) is 6.07 Å². The molecule has 1 amide bonds. The number of nitrogens with zero attached hydrogens (tertiary/aromatic N) is 5. The second kappa shape index (κ2) is 6.45. The minimum atomic E-state index is -0.655. The minimum absolute atomic E-state index is 0.0303. The van der Waals surface area contributed by atoms with Crippen LogP contribution in [0, 0.1) is 33.8 Å². The molecule has 2 aromatic carbocycles. The largest absolute Gasteiger partial charge is 0.272 e. The molecule has 0 radical (unpaired) electrons. The summed E-state index contributed by atoms with van der Waals surface area (Å²) in [7, 11) is 0. The van der Waals surface area contributed by atoms with Crippen LogP contribution in [0.25, 0.3) is 10.9 Å². The Kier molecular flexibility index (Phi) is 3.85. The Balaban J connectivity index is 1.17. The molecule has 3 fully saturated rings. The maximum Gasteiger partial charge on any atom is 0.249 e. The average molecular weight is 431 g/mol. The molecule has 6 nitrogen and oxygen atoms in total. The van der Waals surface area contributed by atoms with Gasteiger partial charge in [-0.1, -0.05) is 6.07 Å². The highest BCUT2D eigenvalue weighted by Gasteiger charge is 2.72. The topological polar surface area (TPSA) is 74.3 Å². The Hall–Kier alpha value is -3.60. The van der Waals surface area contributed by atoms with E-state index in [2.05, 4.69) is 16.3 Å². The monoisotopic (exact) mass is 431 g/mol. The van der Waals surface area contributed by atoms with E-state index in [-0.39, 0.29) is 11.3 Å². The lowest BCUT2D eigenvalue weighted by Crippen LogP contribution is -2.68. The fourth-order valence-electron chi connectivity index (χ4n) is 5.88. The molecule has 3 saturated carbocycles. The zero-order valence-electron chi connectivity index (χ0n) is 17.1. The van der Waals surface area contributed by atoms with Crippen molar-refractivity contribution in [3.05, 3.63) is 65.4 Å². The van der Waals surface area contributed by atoms with Crippen LogP contribution in [0.1, 0.15) is 42.9 Å². The van der Waals surface area contributed by atoms with Crippen molar-refractivity contribution >= 4 is 23.0 Å². The van der Waals surface area contributed by atoms with Gasteiger partial charge in [0.1, 0.15) is 11.6 Å². The SMILES string of the molecule is N#Cc1ccc2c(cnn2CC23CC(C(=O)N4N=CCC4c4ccc(F)cc4F)(C2)C3)c1. The van der Waals surface area contributed by atoms with Crippen molar-refractivity contribution in [3.63, 3.8) is 0 Å². The molecule has 2 bridgehead atoms. The third-order valence-electron chi connectivity index (χ3n) is 7.21. The molecule has 7 rings (SSSR count). The quantitative estimate of drug-likeness (QED) is 0.618. The van der Waals surface area contributed by atoms with E-state index in [1.165, 1.54) is 17.1 Å². The molecule has 1 atom stereocenters. The summed E-state index contributed by atoms with van der Waals surface area (Å²) in [6.45, 7) is 0.719. The molecular weight excluding hydrogens is 412 g/mol. The van der Waals surface area contributed by atoms with Crippen LogP contribution in [0.4, 0.5) is 8.78 Å². The fourth-order valence-corrected chi connectivity index (χ4v) is 5.88. The van der Waals surface area contributed by atoms with E-state index in [4.69, 9.17) is 5.26 Å². The van der Waals surface area contributed by atoms with Gasteiger partial charge in [0.2, 0.25) is 5.91 Å². The summed E-state index contributed by atoms with van der Waals surface area (Å²) in [6.07, 6.45) is 6.06. The van der Waals surface area contributed by atoms with Crippen LogP contribution in [0.5, 0.6) is 0 Å². The molecule has 1 aliphatic heterocycles. The summed E-state index contributed by atoms with van der Waals surface area (Å²) in [4.78, 5) is 13.3. The molecule has 4 aliphatic rings. The van der Waals surface area contributed by atoms with Crippen molar-refractivity contribution in [2.45, 2.75) is 38.3 Å². The molecule has 1 aromatic heterocycles. The maximum atomic E-state index is 14.3. The van der Waals surface area contributed by atoms with E-state index in [0.29, 0.717) is 17.5 Å². The first-order valence-electron chi connectivity index (χ1n) is 10.6. The molecule has 8 heteroatoms. The lowest BCUT2D eigenvalue weighted by Gasteiger charge is -2.69. The van der Waals surface area contributed by atoms with Crippen LogP contribution < -0.4 is 0 Å². The zero-order valence-corrected chi connectivity index (χ0v) is 17.1. The minimum Gasteiger partial charge on any atom is -0.272 e. The van der Waals surface area contributed by atoms with Crippen LogP contribution in [-0.2, 0) is 11.3 Å². The van der Waals surface area contributed by atoms with Gasteiger partial charge in [-0.25, -0.2) is 13.8 Å². The van der Waals surface area contributed by atoms with Crippen molar-refractivity contribution in [1.82, 2.24) is 14.8 Å². The highest BCUT2D eigenvalue weighted by molar-refractivity contribution is 5.88. The number of rotatable bonds is 4. The maximum absolute atomic E-state index is 14.3. The zero-order chi connectivity index (χ0) is 22.1. The molecular formula is C24H19F2N5O. The van der Waals surface area contributed by atoms with E-state index in [9.17, 15) is 13.6 Å². The summed E-state index contributed by atoms with van der Waals surface area (Å²) in [5, 5.41) is 20.1. The van der Waals surface area contributed by atoms with Crippen molar-refractivity contribution < 1.29 is 13.6 Å². The molecule has 2 heterocycles. The summed E-state index contributed by atoms with van der Waals surface area (Å²) in [6, 6.07) is 10.6. The number of hydrazone groups is 1. The first-order chi connectivity index (χ1) is 15.4. The number of nitriles is 1. The molecule has 3 aliphatic carbocycles. The summed E-state index contributed by atoms with van der Waals surface area (Å²) >= 11 is 0. The number of fused-ring (bicyclic) bond motifs is 1. The molecule has 32 heavy (non-hydrogen) atoms. The van der Waals surface area contributed by atoms with Crippen molar-refractivity contribution in [2.24, 2.45) is 15.9 Å². The Morgan fingerprint density at radius 1 is 1.19 bits per heavy atom. The van der Waals surface area contributed by atoms with Gasteiger partial charge >= 0.3 is 0 Å². The van der Waals surface area contributed by atoms with E-state index < -0.39 is 23.1 Å². The fraction of sp³-hybridized carbons (Fsp3) is 0.333. The van der Waals surface area contributed by atoms with Crippen LogP contribution in [0.15, 0.2) is 47.7 Å². The van der Waals surface area contributed by atoms with Gasteiger partial charge < -0.3 is 0 Å². The number of benzene rings is 2. The third kappa shape index (κ3) is 2.63. The molecule has 0 spiro atoms. The second-order valence-electron chi connectivity index (χ2n) is 9.36. The van der Waals surface area contributed by atoms with Crippen LogP contribution in [0.2, 0.25) is 0 Å². The second-order valence-corrected chi connectivity index (χ2v) is 9.36. The normalized spacial score (nSPS) is 27.8. The standard InChI is InChI=1S/C24H19F2N5O/c25-17-2-3-18(19(26)8-17)21-5-6-28-31(21)22(32)24-11-23(12-24,13-24)14-30-20-4-1-15(9-27)7-16(20)10-29-30/h1-4,6-8,10,21H,5,11-14H2. The van der Waals surface area contributed by atoms with E-state index >= 15 is 0 Å². The summed E-state index contributed by atoms with van der Waals surface area (Å²) in [5.41, 5.74) is 1.45. The van der Waals surface area contributed by atoms with Crippen molar-refractivity contribution in [2.75, 3.05) is 0 Å². The Morgan fingerprint density at radius 3 is 2.75 bits per heavy atom. The molecule has 0 saturated heterocycles.